The molecule has 0 saturated heterocycles. The molecule has 5 heteroatoms. The van der Waals surface area contributed by atoms with Gasteiger partial charge in [-0.2, -0.15) is 0 Å². The van der Waals surface area contributed by atoms with Crippen LogP contribution in [0.3, 0.4) is 0 Å². The summed E-state index contributed by atoms with van der Waals surface area (Å²) in [6.45, 7) is 0. The number of benzene rings is 2. The Hall–Kier alpha value is -2.72. The van der Waals surface area contributed by atoms with Gasteiger partial charge in [0.15, 0.2) is 5.70 Å². The predicted octanol–water partition coefficient (Wildman–Crippen LogP) is 4.58. The van der Waals surface area contributed by atoms with E-state index in [0.29, 0.717) is 5.02 Å². The highest BCUT2D eigenvalue weighted by Crippen LogP contribution is 2.32. The first-order chi connectivity index (χ1) is 11.7. The molecule has 0 aliphatic rings. The van der Waals surface area contributed by atoms with E-state index in [1.165, 1.54) is 20.5 Å². The molecule has 0 bridgehead atoms. The number of carbonyl (C=O) groups is 1. The van der Waals surface area contributed by atoms with Crippen molar-refractivity contribution in [2.24, 2.45) is 0 Å². The summed E-state index contributed by atoms with van der Waals surface area (Å²) < 4.78 is 11.5. The van der Waals surface area contributed by atoms with Crippen molar-refractivity contribution in [2.45, 2.75) is 0 Å². The number of ether oxygens (including phenoxy) is 2. The number of halogens is 1. The minimum absolute atomic E-state index is 0.252. The molecule has 24 heavy (non-hydrogen) atoms. The van der Waals surface area contributed by atoms with Crippen molar-refractivity contribution >= 4 is 34.2 Å². The highest BCUT2D eigenvalue weighted by Gasteiger charge is 2.18. The van der Waals surface area contributed by atoms with Gasteiger partial charge in [-0.3, -0.25) is 0 Å². The molecule has 3 rings (SSSR count). The van der Waals surface area contributed by atoms with Crippen molar-refractivity contribution in [3.8, 4) is 11.1 Å². The molecular formula is C19H16ClNO3. The van der Waals surface area contributed by atoms with E-state index in [9.17, 15) is 4.79 Å². The number of fused-ring (bicyclic) bond motifs is 1. The van der Waals surface area contributed by atoms with Crippen LogP contribution in [0.15, 0.2) is 61.0 Å². The first-order valence-electron chi connectivity index (χ1n) is 7.33. The number of hydrogen-bond acceptors (Lipinski definition) is 3. The highest BCUT2D eigenvalue weighted by molar-refractivity contribution is 6.36. The number of carbonyl (C=O) groups excluding carboxylic acids is 1. The van der Waals surface area contributed by atoms with Gasteiger partial charge in [-0.15, -0.1) is 0 Å². The van der Waals surface area contributed by atoms with E-state index in [1.54, 1.807) is 10.8 Å². The van der Waals surface area contributed by atoms with Crippen LogP contribution in [0.4, 0.5) is 0 Å². The molecule has 0 spiro atoms. The van der Waals surface area contributed by atoms with Gasteiger partial charge in [0.25, 0.3) is 0 Å². The summed E-state index contributed by atoms with van der Waals surface area (Å²) in [5, 5.41) is 1.40. The Bertz CT molecular complexity index is 913. The van der Waals surface area contributed by atoms with Crippen molar-refractivity contribution in [1.29, 1.82) is 0 Å². The van der Waals surface area contributed by atoms with Gasteiger partial charge in [-0.25, -0.2) is 4.79 Å². The zero-order chi connectivity index (χ0) is 17.1. The molecule has 3 aromatic rings. The molecule has 2 aromatic carbocycles. The van der Waals surface area contributed by atoms with Crippen LogP contribution in [0.25, 0.3) is 27.7 Å². The molecule has 1 heterocycles. The van der Waals surface area contributed by atoms with Gasteiger partial charge < -0.3 is 14.0 Å². The van der Waals surface area contributed by atoms with Crippen molar-refractivity contribution < 1.29 is 14.3 Å². The average molecular weight is 342 g/mol. The molecule has 0 unspecified atom stereocenters. The quantitative estimate of drug-likeness (QED) is 0.396. The highest BCUT2D eigenvalue weighted by atomic mass is 35.5. The number of hydrogen-bond donors (Lipinski definition) is 0. The van der Waals surface area contributed by atoms with Crippen LogP contribution in [-0.2, 0) is 14.3 Å². The third kappa shape index (κ3) is 2.88. The molecular weight excluding hydrogens is 326 g/mol. The van der Waals surface area contributed by atoms with E-state index in [-0.39, 0.29) is 5.70 Å². The molecule has 122 valence electrons. The number of aromatic nitrogens is 1. The van der Waals surface area contributed by atoms with Crippen LogP contribution in [0.2, 0.25) is 5.02 Å². The van der Waals surface area contributed by atoms with Crippen LogP contribution < -0.4 is 0 Å². The second kappa shape index (κ2) is 6.81. The lowest BCUT2D eigenvalue weighted by Crippen LogP contribution is -2.10. The topological polar surface area (TPSA) is 40.5 Å². The maximum atomic E-state index is 12.1. The molecule has 0 aliphatic carbocycles. The van der Waals surface area contributed by atoms with E-state index in [2.05, 4.69) is 0 Å². The summed E-state index contributed by atoms with van der Waals surface area (Å²) in [5.41, 5.74) is 3.16. The Kier molecular flexibility index (Phi) is 4.58. The molecule has 0 atom stereocenters. The number of nitrogens with zero attached hydrogens (tertiary/aromatic N) is 1. The first kappa shape index (κ1) is 16.1. The lowest BCUT2D eigenvalue weighted by atomic mass is 10.0. The van der Waals surface area contributed by atoms with E-state index in [0.717, 1.165) is 22.0 Å². The van der Waals surface area contributed by atoms with Gasteiger partial charge >= 0.3 is 5.97 Å². The zero-order valence-electron chi connectivity index (χ0n) is 13.3. The second-order valence-electron chi connectivity index (χ2n) is 5.18. The van der Waals surface area contributed by atoms with Gasteiger partial charge in [0, 0.05) is 11.6 Å². The number of rotatable bonds is 4. The van der Waals surface area contributed by atoms with E-state index in [4.69, 9.17) is 21.1 Å². The molecule has 0 fully saturated rings. The first-order valence-corrected chi connectivity index (χ1v) is 7.71. The normalized spacial score (nSPS) is 11.5. The standard InChI is InChI=1S/C19H16ClNO3/c1-23-12-18(19(22)24-2)21-11-16(20)15-9-8-14(10-17(15)21)13-6-4-3-5-7-13/h3-12H,1-2H3/b18-12-. The number of esters is 1. The van der Waals surface area contributed by atoms with Crippen LogP contribution in [0.1, 0.15) is 0 Å². The fourth-order valence-corrected chi connectivity index (χ4v) is 2.87. The van der Waals surface area contributed by atoms with Crippen molar-refractivity contribution in [3.63, 3.8) is 0 Å². The molecule has 0 saturated carbocycles. The van der Waals surface area contributed by atoms with Crippen molar-refractivity contribution in [3.05, 3.63) is 66.0 Å². The molecule has 0 amide bonds. The predicted molar refractivity (Wildman–Crippen MR) is 95.7 cm³/mol. The van der Waals surface area contributed by atoms with Crippen molar-refractivity contribution in [1.82, 2.24) is 4.57 Å². The minimum Gasteiger partial charge on any atom is -0.502 e. The van der Waals surface area contributed by atoms with E-state index < -0.39 is 5.97 Å². The third-order valence-electron chi connectivity index (χ3n) is 3.75. The molecule has 0 N–H and O–H groups in total. The van der Waals surface area contributed by atoms with Crippen LogP contribution in [-0.4, -0.2) is 24.8 Å². The average Bonchev–Trinajstić information content (AvgIpc) is 2.95. The fraction of sp³-hybridized carbons (Fsp3) is 0.105. The zero-order valence-corrected chi connectivity index (χ0v) is 14.1. The lowest BCUT2D eigenvalue weighted by molar-refractivity contribution is -0.134. The summed E-state index contributed by atoms with van der Waals surface area (Å²) in [6, 6.07) is 15.9. The monoisotopic (exact) mass is 341 g/mol. The Morgan fingerprint density at radius 3 is 2.50 bits per heavy atom. The summed E-state index contributed by atoms with van der Waals surface area (Å²) in [4.78, 5) is 12.1. The maximum absolute atomic E-state index is 12.1. The van der Waals surface area contributed by atoms with Gasteiger partial charge in [0.1, 0.15) is 6.26 Å². The Morgan fingerprint density at radius 1 is 1.08 bits per heavy atom. The molecule has 1 aromatic heterocycles. The molecule has 0 radical (unpaired) electrons. The maximum Gasteiger partial charge on any atom is 0.358 e. The Labute approximate surface area is 144 Å². The Balaban J connectivity index is 2.22. The molecule has 4 nitrogen and oxygen atoms in total. The smallest absolute Gasteiger partial charge is 0.358 e. The summed E-state index contributed by atoms with van der Waals surface area (Å²) >= 11 is 6.33. The molecule has 0 aliphatic heterocycles. The van der Waals surface area contributed by atoms with Gasteiger partial charge in [0.05, 0.1) is 24.8 Å². The summed E-state index contributed by atoms with van der Waals surface area (Å²) in [6.07, 6.45) is 3.03. The minimum atomic E-state index is -0.504. The van der Waals surface area contributed by atoms with Crippen LogP contribution in [0, 0.1) is 0 Å². The van der Waals surface area contributed by atoms with Gasteiger partial charge in [-0.1, -0.05) is 54.1 Å². The van der Waals surface area contributed by atoms with Crippen molar-refractivity contribution in [2.75, 3.05) is 14.2 Å². The lowest BCUT2D eigenvalue weighted by Gasteiger charge is -2.09. The second-order valence-corrected chi connectivity index (χ2v) is 5.58. The van der Waals surface area contributed by atoms with Crippen LogP contribution in [0.5, 0.6) is 0 Å². The van der Waals surface area contributed by atoms with Crippen LogP contribution >= 0.6 is 11.6 Å². The summed E-state index contributed by atoms with van der Waals surface area (Å²) in [5.74, 6) is -0.504. The number of methoxy groups -OCH3 is 2. The SMILES string of the molecule is CO/C=C(/C(=O)OC)n1cc(Cl)c2ccc(-c3ccccc3)cc21. The van der Waals surface area contributed by atoms with Gasteiger partial charge in [-0.05, 0) is 17.2 Å². The largest absolute Gasteiger partial charge is 0.502 e. The van der Waals surface area contributed by atoms with E-state index >= 15 is 0 Å². The summed E-state index contributed by atoms with van der Waals surface area (Å²) in [7, 11) is 2.81. The fourth-order valence-electron chi connectivity index (χ4n) is 2.61. The van der Waals surface area contributed by atoms with E-state index in [1.807, 2.05) is 48.5 Å². The van der Waals surface area contributed by atoms with Gasteiger partial charge in [0.2, 0.25) is 0 Å². The third-order valence-corrected chi connectivity index (χ3v) is 4.05. The Morgan fingerprint density at radius 2 is 1.83 bits per heavy atom.